The van der Waals surface area contributed by atoms with Gasteiger partial charge in [-0.05, 0) is 0 Å². The molecule has 76 valence electrons. The highest BCUT2D eigenvalue weighted by Crippen LogP contribution is 2.43. The minimum absolute atomic E-state index is 0.407. The lowest BCUT2D eigenvalue weighted by Gasteiger charge is -2.19. The van der Waals surface area contributed by atoms with Gasteiger partial charge in [0, 0.05) is 27.6 Å². The number of hydroxylamine groups is 2. The maximum Gasteiger partial charge on any atom is 0.349 e. The van der Waals surface area contributed by atoms with E-state index in [0.29, 0.717) is 5.06 Å². The molecule has 0 aromatic rings. The molecule has 0 spiro atoms. The predicted octanol–water partition coefficient (Wildman–Crippen LogP) is 0.782. The van der Waals surface area contributed by atoms with Crippen molar-refractivity contribution in [2.75, 3.05) is 13.8 Å². The average molecular weight is 209 g/mol. The highest BCUT2D eigenvalue weighted by molar-refractivity contribution is 7.52. The van der Waals surface area contributed by atoms with Crippen molar-refractivity contribution in [3.8, 4) is 0 Å². The lowest BCUT2D eigenvalue weighted by atomic mass is 10.6. The van der Waals surface area contributed by atoms with Crippen LogP contribution in [0.2, 0.25) is 0 Å². The van der Waals surface area contributed by atoms with E-state index < -0.39 is 19.4 Å². The van der Waals surface area contributed by atoms with Crippen LogP contribution in [0, 0.1) is 0 Å². The van der Waals surface area contributed by atoms with E-state index in [1.807, 2.05) is 0 Å². The Morgan fingerprint density at radius 3 is 1.85 bits per heavy atom. The van der Waals surface area contributed by atoms with Crippen LogP contribution in [0.4, 0.5) is 0 Å². The molecule has 0 aliphatic heterocycles. The van der Waals surface area contributed by atoms with Crippen molar-refractivity contribution >= 4 is 19.4 Å². The van der Waals surface area contributed by atoms with Crippen LogP contribution in [0.5, 0.6) is 0 Å². The summed E-state index contributed by atoms with van der Waals surface area (Å²) in [5.41, 5.74) is 0. The molecular formula is C6H12NO5P. The van der Waals surface area contributed by atoms with E-state index in [4.69, 9.17) is 0 Å². The van der Waals surface area contributed by atoms with Crippen LogP contribution in [0.15, 0.2) is 0 Å². The summed E-state index contributed by atoms with van der Waals surface area (Å²) in [6.07, 6.45) is 0. The summed E-state index contributed by atoms with van der Waals surface area (Å²) in [7, 11) is -2.19. The summed E-state index contributed by atoms with van der Waals surface area (Å²) >= 11 is 0. The van der Waals surface area contributed by atoms with Gasteiger partial charge in [-0.15, -0.1) is 5.06 Å². The normalized spacial score (nSPS) is 14.8. The van der Waals surface area contributed by atoms with Crippen molar-refractivity contribution in [3.05, 3.63) is 0 Å². The van der Waals surface area contributed by atoms with Crippen LogP contribution >= 0.6 is 7.60 Å². The van der Waals surface area contributed by atoms with Gasteiger partial charge >= 0.3 is 7.60 Å². The third kappa shape index (κ3) is 4.17. The molecule has 0 aliphatic carbocycles. The molecule has 0 rings (SSSR count). The van der Waals surface area contributed by atoms with E-state index in [9.17, 15) is 14.2 Å². The number of carbonyl (C=O) groups excluding carboxylic acids is 2. The SMILES string of the molecule is COP(C)(=O)ON(C(C)=O)C(C)=O. The van der Waals surface area contributed by atoms with E-state index in [2.05, 4.69) is 9.15 Å². The fourth-order valence-corrected chi connectivity index (χ4v) is 1.11. The summed E-state index contributed by atoms with van der Waals surface area (Å²) in [6, 6.07) is 0. The summed E-state index contributed by atoms with van der Waals surface area (Å²) in [5.74, 6) is -1.29. The van der Waals surface area contributed by atoms with Gasteiger partial charge in [0.15, 0.2) is 0 Å². The Balaban J connectivity index is 4.54. The summed E-state index contributed by atoms with van der Waals surface area (Å²) < 4.78 is 20.2. The molecule has 0 saturated carbocycles. The molecule has 0 radical (unpaired) electrons. The third-order valence-corrected chi connectivity index (χ3v) is 2.26. The van der Waals surface area contributed by atoms with Gasteiger partial charge in [-0.25, -0.2) is 0 Å². The van der Waals surface area contributed by atoms with Gasteiger partial charge in [0.05, 0.1) is 0 Å². The van der Waals surface area contributed by atoms with E-state index in [-0.39, 0.29) is 0 Å². The monoisotopic (exact) mass is 209 g/mol. The van der Waals surface area contributed by atoms with Crippen molar-refractivity contribution in [1.82, 2.24) is 5.06 Å². The van der Waals surface area contributed by atoms with Crippen LogP contribution in [0.3, 0.4) is 0 Å². The Morgan fingerprint density at radius 2 is 1.62 bits per heavy atom. The molecule has 1 atom stereocenters. The van der Waals surface area contributed by atoms with Gasteiger partial charge in [0.1, 0.15) is 0 Å². The summed E-state index contributed by atoms with van der Waals surface area (Å²) in [6.45, 7) is 3.40. The lowest BCUT2D eigenvalue weighted by Crippen LogP contribution is -2.32. The second kappa shape index (κ2) is 4.50. The van der Waals surface area contributed by atoms with Crippen LogP contribution in [0.1, 0.15) is 13.8 Å². The first-order valence-electron chi connectivity index (χ1n) is 3.44. The highest BCUT2D eigenvalue weighted by atomic mass is 31.2. The Hall–Kier alpha value is -0.710. The Labute approximate surface area is 76.3 Å². The Morgan fingerprint density at radius 1 is 1.23 bits per heavy atom. The zero-order chi connectivity index (χ0) is 10.6. The second-order valence-corrected chi connectivity index (χ2v) is 4.44. The average Bonchev–Trinajstić information content (AvgIpc) is 1.99. The number of carbonyl (C=O) groups is 2. The zero-order valence-corrected chi connectivity index (χ0v) is 8.83. The molecule has 13 heavy (non-hydrogen) atoms. The number of hydrogen-bond acceptors (Lipinski definition) is 5. The first-order chi connectivity index (χ1) is 5.80. The van der Waals surface area contributed by atoms with E-state index >= 15 is 0 Å². The van der Waals surface area contributed by atoms with Crippen LogP contribution in [0.25, 0.3) is 0 Å². The number of nitrogens with zero attached hydrogens (tertiary/aromatic N) is 1. The zero-order valence-electron chi connectivity index (χ0n) is 7.94. The third-order valence-electron chi connectivity index (χ3n) is 1.13. The molecular weight excluding hydrogens is 197 g/mol. The minimum Gasteiger partial charge on any atom is -0.311 e. The van der Waals surface area contributed by atoms with E-state index in [0.717, 1.165) is 20.5 Å². The predicted molar refractivity (Wildman–Crippen MR) is 44.8 cm³/mol. The maximum absolute atomic E-state index is 11.2. The quantitative estimate of drug-likeness (QED) is 0.507. The number of hydrogen-bond donors (Lipinski definition) is 0. The lowest BCUT2D eigenvalue weighted by molar-refractivity contribution is -0.170. The van der Waals surface area contributed by atoms with Gasteiger partial charge in [0.2, 0.25) is 0 Å². The van der Waals surface area contributed by atoms with Gasteiger partial charge in [0.25, 0.3) is 11.8 Å². The van der Waals surface area contributed by atoms with Crippen molar-refractivity contribution in [2.45, 2.75) is 13.8 Å². The van der Waals surface area contributed by atoms with Crippen molar-refractivity contribution in [3.63, 3.8) is 0 Å². The topological polar surface area (TPSA) is 72.9 Å². The largest absolute Gasteiger partial charge is 0.349 e. The van der Waals surface area contributed by atoms with Gasteiger partial charge < -0.3 is 4.52 Å². The second-order valence-electron chi connectivity index (χ2n) is 2.37. The molecule has 6 nitrogen and oxygen atoms in total. The van der Waals surface area contributed by atoms with Crippen molar-refractivity contribution in [1.29, 1.82) is 0 Å². The van der Waals surface area contributed by atoms with Crippen LogP contribution < -0.4 is 0 Å². The Kier molecular flexibility index (Phi) is 4.26. The van der Waals surface area contributed by atoms with Crippen LogP contribution in [-0.4, -0.2) is 30.7 Å². The molecule has 7 heteroatoms. The molecule has 0 aliphatic rings. The molecule has 0 N–H and O–H groups in total. The van der Waals surface area contributed by atoms with Crippen molar-refractivity contribution < 1.29 is 23.3 Å². The molecule has 0 saturated heterocycles. The number of amides is 2. The van der Waals surface area contributed by atoms with Crippen LogP contribution in [-0.2, 0) is 23.3 Å². The Bertz CT molecular complexity index is 250. The standard InChI is InChI=1S/C6H12NO5P/c1-5(8)7(6(2)9)12-13(4,10)11-3/h1-4H3. The molecule has 0 fully saturated rings. The molecule has 2 amide bonds. The maximum atomic E-state index is 11.2. The fourth-order valence-electron chi connectivity index (χ4n) is 0.518. The highest BCUT2D eigenvalue weighted by Gasteiger charge is 2.25. The van der Waals surface area contributed by atoms with Crippen molar-refractivity contribution in [2.24, 2.45) is 0 Å². The van der Waals surface area contributed by atoms with Gasteiger partial charge in [-0.1, -0.05) is 0 Å². The molecule has 1 unspecified atom stereocenters. The fraction of sp³-hybridized carbons (Fsp3) is 0.667. The van der Waals surface area contributed by atoms with E-state index in [1.54, 1.807) is 0 Å². The number of imide groups is 1. The molecule has 0 aromatic heterocycles. The first-order valence-corrected chi connectivity index (χ1v) is 5.43. The van der Waals surface area contributed by atoms with Gasteiger partial charge in [-0.2, -0.15) is 4.62 Å². The number of rotatable bonds is 3. The van der Waals surface area contributed by atoms with E-state index in [1.165, 1.54) is 7.11 Å². The molecule has 0 heterocycles. The molecule has 0 aromatic carbocycles. The summed E-state index contributed by atoms with van der Waals surface area (Å²) in [4.78, 5) is 21.6. The summed E-state index contributed by atoms with van der Waals surface area (Å²) in [5, 5.41) is 0.407. The smallest absolute Gasteiger partial charge is 0.311 e. The van der Waals surface area contributed by atoms with Gasteiger partial charge in [-0.3, -0.25) is 14.2 Å². The molecule has 0 bridgehead atoms. The minimum atomic E-state index is -3.35. The first kappa shape index (κ1) is 12.3.